The van der Waals surface area contributed by atoms with E-state index in [0.29, 0.717) is 36.8 Å². The summed E-state index contributed by atoms with van der Waals surface area (Å²) in [5, 5.41) is 13.7. The number of pyridine rings is 1. The smallest absolute Gasteiger partial charge is 0.413 e. The number of piperazine rings is 1. The molecule has 1 saturated heterocycles. The molecule has 2 aromatic carbocycles. The van der Waals surface area contributed by atoms with Gasteiger partial charge in [-0.25, -0.2) is 9.59 Å². The number of ether oxygens (including phenoxy) is 2. The average molecular weight is 702 g/mol. The molecule has 50 heavy (non-hydrogen) atoms. The van der Waals surface area contributed by atoms with Crippen LogP contribution >= 0.6 is 11.6 Å². The van der Waals surface area contributed by atoms with Crippen LogP contribution < -0.4 is 19.9 Å². The number of halogens is 1. The van der Waals surface area contributed by atoms with E-state index in [9.17, 15) is 14.7 Å². The number of nitrogens with one attached hydrogen (secondary N) is 1. The average Bonchev–Trinajstić information content (AvgIpc) is 3.27. The van der Waals surface area contributed by atoms with Crippen LogP contribution in [0.3, 0.4) is 0 Å². The number of anilines is 4. The van der Waals surface area contributed by atoms with Crippen molar-refractivity contribution in [2.45, 2.75) is 65.9 Å². The molecule has 1 aliphatic carbocycles. The van der Waals surface area contributed by atoms with Crippen molar-refractivity contribution in [2.24, 2.45) is 5.41 Å². The fourth-order valence-corrected chi connectivity index (χ4v) is 7.13. The minimum absolute atomic E-state index is 0.207. The number of carboxylic acid groups (broad SMARTS) is 1. The SMILES string of the molecule is CC1(C)CCC(CN2CCN(c3ccc(C(=O)O)c(N4CCCOc5nc(NC(=O)OC(C)(C)C)ccc54)c3)CC2)=C(c2ccc(Cl)cc2)C1. The van der Waals surface area contributed by atoms with E-state index in [4.69, 9.17) is 21.1 Å². The Kier molecular flexibility index (Phi) is 10.3. The zero-order valence-corrected chi connectivity index (χ0v) is 30.5. The first-order valence-electron chi connectivity index (χ1n) is 17.5. The normalized spacial score (nSPS) is 18.2. The number of fused-ring (bicyclic) bond motifs is 1. The van der Waals surface area contributed by atoms with E-state index >= 15 is 0 Å². The summed E-state index contributed by atoms with van der Waals surface area (Å²) in [5.41, 5.74) is 6.28. The predicted octanol–water partition coefficient (Wildman–Crippen LogP) is 8.49. The highest BCUT2D eigenvalue weighted by molar-refractivity contribution is 6.30. The molecule has 3 aromatic rings. The highest BCUT2D eigenvalue weighted by atomic mass is 35.5. The molecular weight excluding hydrogens is 654 g/mol. The molecule has 3 heterocycles. The number of hydrogen-bond donors (Lipinski definition) is 2. The predicted molar refractivity (Wildman–Crippen MR) is 199 cm³/mol. The molecule has 2 N–H and O–H groups in total. The van der Waals surface area contributed by atoms with E-state index < -0.39 is 17.7 Å². The van der Waals surface area contributed by atoms with Crippen molar-refractivity contribution in [3.63, 3.8) is 0 Å². The lowest BCUT2D eigenvalue weighted by molar-refractivity contribution is 0.0633. The van der Waals surface area contributed by atoms with Crippen molar-refractivity contribution in [1.29, 1.82) is 0 Å². The van der Waals surface area contributed by atoms with Gasteiger partial charge in [-0.15, -0.1) is 0 Å². The number of rotatable bonds is 7. The van der Waals surface area contributed by atoms with Crippen molar-refractivity contribution in [1.82, 2.24) is 9.88 Å². The van der Waals surface area contributed by atoms with Crippen molar-refractivity contribution < 1.29 is 24.2 Å². The van der Waals surface area contributed by atoms with Gasteiger partial charge in [-0.2, -0.15) is 4.98 Å². The minimum Gasteiger partial charge on any atom is -0.478 e. The number of aromatic nitrogens is 1. The summed E-state index contributed by atoms with van der Waals surface area (Å²) in [5.74, 6) is -0.387. The second-order valence-corrected chi connectivity index (χ2v) is 15.6. The van der Waals surface area contributed by atoms with Crippen LogP contribution in [-0.4, -0.2) is 78.5 Å². The Labute approximate surface area is 300 Å². The summed E-state index contributed by atoms with van der Waals surface area (Å²) in [6.07, 6.45) is 3.39. The summed E-state index contributed by atoms with van der Waals surface area (Å²) >= 11 is 6.22. The molecule has 11 heteroatoms. The molecule has 0 radical (unpaired) electrons. The molecule has 0 unspecified atom stereocenters. The Bertz CT molecular complexity index is 1760. The molecule has 266 valence electrons. The second kappa shape index (κ2) is 14.5. The van der Waals surface area contributed by atoms with Gasteiger partial charge in [0, 0.05) is 50.0 Å². The topological polar surface area (TPSA) is 107 Å². The number of aromatic carboxylic acids is 1. The van der Waals surface area contributed by atoms with E-state index in [1.807, 2.05) is 29.2 Å². The van der Waals surface area contributed by atoms with E-state index in [-0.39, 0.29) is 16.8 Å². The van der Waals surface area contributed by atoms with Crippen LogP contribution in [0.4, 0.5) is 27.7 Å². The Morgan fingerprint density at radius 3 is 2.44 bits per heavy atom. The molecule has 0 spiro atoms. The number of carbonyl (C=O) groups excluding carboxylic acids is 1. The molecule has 0 saturated carbocycles. The molecular formula is C39H48ClN5O5. The van der Waals surface area contributed by atoms with Crippen molar-refractivity contribution in [3.05, 3.63) is 76.3 Å². The molecule has 6 rings (SSSR count). The molecule has 0 bridgehead atoms. The molecule has 2 aliphatic heterocycles. The van der Waals surface area contributed by atoms with Crippen molar-refractivity contribution >= 4 is 52.1 Å². The highest BCUT2D eigenvalue weighted by Gasteiger charge is 2.30. The number of benzene rings is 2. The standard InChI is InChI=1S/C39H48ClN5O5/c1-38(2,3)50-37(48)42-34-14-13-32-35(41-34)49-22-6-17-45(32)33-23-29(11-12-30(33)36(46)47)44-20-18-43(19-21-44)25-27-15-16-39(4,5)24-31(27)26-7-9-28(40)10-8-26/h7-14,23H,6,15-22,24-25H2,1-5H3,(H,46,47)(H,41,42,48). The third-order valence-corrected chi connectivity index (χ3v) is 9.81. The molecule has 0 atom stereocenters. The molecule has 3 aliphatic rings. The summed E-state index contributed by atoms with van der Waals surface area (Å²) in [6, 6.07) is 17.3. The molecule has 1 fully saturated rings. The van der Waals surface area contributed by atoms with Crippen LogP contribution in [0.2, 0.25) is 5.02 Å². The highest BCUT2D eigenvalue weighted by Crippen LogP contribution is 2.44. The Hall–Kier alpha value is -4.28. The van der Waals surface area contributed by atoms with E-state index in [0.717, 1.165) is 56.3 Å². The van der Waals surface area contributed by atoms with E-state index in [1.165, 1.54) is 23.1 Å². The van der Waals surface area contributed by atoms with Crippen LogP contribution in [-0.2, 0) is 4.74 Å². The summed E-state index contributed by atoms with van der Waals surface area (Å²) in [6.45, 7) is 15.5. The van der Waals surface area contributed by atoms with Crippen LogP contribution in [0.1, 0.15) is 76.2 Å². The van der Waals surface area contributed by atoms with Gasteiger partial charge in [-0.1, -0.05) is 43.2 Å². The number of carboxylic acids is 1. The van der Waals surface area contributed by atoms with Crippen LogP contribution in [0, 0.1) is 5.41 Å². The zero-order valence-electron chi connectivity index (χ0n) is 29.7. The third-order valence-electron chi connectivity index (χ3n) is 9.56. The Balaban J connectivity index is 1.20. The maximum atomic E-state index is 12.5. The number of allylic oxidation sites excluding steroid dienone is 1. The Morgan fingerprint density at radius 1 is 1.00 bits per heavy atom. The first kappa shape index (κ1) is 35.5. The van der Waals surface area contributed by atoms with Crippen molar-refractivity contribution in [3.8, 4) is 5.88 Å². The van der Waals surface area contributed by atoms with Gasteiger partial charge in [0.2, 0.25) is 5.88 Å². The third kappa shape index (κ3) is 8.53. The van der Waals surface area contributed by atoms with Crippen LogP contribution in [0.25, 0.3) is 5.57 Å². The maximum absolute atomic E-state index is 12.5. The van der Waals surface area contributed by atoms with Gasteiger partial charge >= 0.3 is 12.1 Å². The monoisotopic (exact) mass is 701 g/mol. The first-order chi connectivity index (χ1) is 23.7. The van der Waals surface area contributed by atoms with Gasteiger partial charge in [-0.05, 0) is 105 Å². The first-order valence-corrected chi connectivity index (χ1v) is 17.9. The lowest BCUT2D eigenvalue weighted by Crippen LogP contribution is -2.47. The van der Waals surface area contributed by atoms with Crippen LogP contribution in [0.15, 0.2) is 60.2 Å². The lowest BCUT2D eigenvalue weighted by atomic mass is 9.72. The lowest BCUT2D eigenvalue weighted by Gasteiger charge is -2.39. The zero-order chi connectivity index (χ0) is 35.6. The van der Waals surface area contributed by atoms with Crippen LogP contribution in [0.5, 0.6) is 5.88 Å². The number of carbonyl (C=O) groups is 2. The van der Waals surface area contributed by atoms with Crippen molar-refractivity contribution in [2.75, 3.05) is 61.0 Å². The second-order valence-electron chi connectivity index (χ2n) is 15.2. The summed E-state index contributed by atoms with van der Waals surface area (Å²) in [7, 11) is 0. The molecule has 10 nitrogen and oxygen atoms in total. The fourth-order valence-electron chi connectivity index (χ4n) is 7.00. The van der Waals surface area contributed by atoms with E-state index in [1.54, 1.807) is 39.0 Å². The van der Waals surface area contributed by atoms with Gasteiger partial charge in [0.1, 0.15) is 17.1 Å². The number of nitrogens with zero attached hydrogens (tertiary/aromatic N) is 4. The summed E-state index contributed by atoms with van der Waals surface area (Å²) in [4.78, 5) is 36.3. The van der Waals surface area contributed by atoms with E-state index in [2.05, 4.69) is 46.1 Å². The van der Waals surface area contributed by atoms with Gasteiger partial charge in [0.15, 0.2) is 0 Å². The Morgan fingerprint density at radius 2 is 1.74 bits per heavy atom. The summed E-state index contributed by atoms with van der Waals surface area (Å²) < 4.78 is 11.4. The van der Waals surface area contributed by atoms with Gasteiger partial charge in [-0.3, -0.25) is 10.2 Å². The fraction of sp³-hybridized carbons (Fsp3) is 0.462. The minimum atomic E-state index is -1.00. The van der Waals surface area contributed by atoms with Gasteiger partial charge in [0.05, 0.1) is 17.9 Å². The largest absolute Gasteiger partial charge is 0.478 e. The van der Waals surface area contributed by atoms with Gasteiger partial charge < -0.3 is 24.4 Å². The maximum Gasteiger partial charge on any atom is 0.413 e. The number of hydrogen-bond acceptors (Lipinski definition) is 8. The molecule has 1 aromatic heterocycles. The van der Waals surface area contributed by atoms with Gasteiger partial charge in [0.25, 0.3) is 0 Å². The quantitative estimate of drug-likeness (QED) is 0.251. The molecule has 1 amide bonds. The number of amides is 1.